The smallest absolute Gasteiger partial charge is 0.318 e. The first kappa shape index (κ1) is 24.5. The van der Waals surface area contributed by atoms with Crippen molar-refractivity contribution in [2.75, 3.05) is 0 Å². The highest BCUT2D eigenvalue weighted by Gasteiger charge is 2.32. The molecular formula is C30H23NO5S. The molecule has 0 radical (unpaired) electrons. The molecule has 7 heteroatoms. The van der Waals surface area contributed by atoms with Crippen LogP contribution in [0.4, 0.5) is 0 Å². The quantitative estimate of drug-likeness (QED) is 0.0682. The number of allylic oxidation sites excluding steroid dienone is 1. The molecule has 1 aliphatic carbocycles. The maximum atomic E-state index is 13.2. The van der Waals surface area contributed by atoms with Crippen LogP contribution in [0.2, 0.25) is 0 Å². The summed E-state index contributed by atoms with van der Waals surface area (Å²) in [6, 6.07) is 18.1. The Labute approximate surface area is 217 Å². The number of thiophene rings is 1. The fourth-order valence-electron chi connectivity index (χ4n) is 4.43. The molecule has 0 saturated heterocycles. The summed E-state index contributed by atoms with van der Waals surface area (Å²) < 4.78 is 2.03. The van der Waals surface area contributed by atoms with Crippen LogP contribution in [0.1, 0.15) is 69.7 Å². The van der Waals surface area contributed by atoms with E-state index in [4.69, 9.17) is 4.84 Å². The summed E-state index contributed by atoms with van der Waals surface area (Å²) in [4.78, 5) is 54.9. The molecule has 3 aromatic carbocycles. The third kappa shape index (κ3) is 4.66. The monoisotopic (exact) mass is 509 g/mol. The molecular weight excluding hydrogens is 486 g/mol. The number of hydrogen-bond acceptors (Lipinski definition) is 7. The summed E-state index contributed by atoms with van der Waals surface area (Å²) >= 11 is 1.60. The van der Waals surface area contributed by atoms with Gasteiger partial charge in [0.1, 0.15) is 5.71 Å². The van der Waals surface area contributed by atoms with Gasteiger partial charge >= 0.3 is 5.97 Å². The van der Waals surface area contributed by atoms with E-state index in [0.717, 1.165) is 38.6 Å². The minimum absolute atomic E-state index is 0.151. The van der Waals surface area contributed by atoms with Gasteiger partial charge in [-0.05, 0) is 54.8 Å². The van der Waals surface area contributed by atoms with Crippen LogP contribution >= 0.6 is 11.3 Å². The average molecular weight is 510 g/mol. The van der Waals surface area contributed by atoms with Crippen molar-refractivity contribution in [3.63, 3.8) is 0 Å². The first-order valence-electron chi connectivity index (χ1n) is 12.0. The lowest BCUT2D eigenvalue weighted by Gasteiger charge is -2.05. The van der Waals surface area contributed by atoms with E-state index in [1.54, 1.807) is 47.7 Å². The van der Waals surface area contributed by atoms with Gasteiger partial charge in [-0.2, -0.15) is 0 Å². The molecule has 5 rings (SSSR count). The van der Waals surface area contributed by atoms with Gasteiger partial charge in [0.25, 0.3) is 0 Å². The Morgan fingerprint density at radius 2 is 1.57 bits per heavy atom. The second kappa shape index (κ2) is 10.0. The zero-order chi connectivity index (χ0) is 26.1. The summed E-state index contributed by atoms with van der Waals surface area (Å²) in [6.45, 7) is 3.25. The summed E-state index contributed by atoms with van der Waals surface area (Å²) in [6.07, 6.45) is 3.66. The van der Waals surface area contributed by atoms with Crippen molar-refractivity contribution in [2.24, 2.45) is 5.16 Å². The Kier molecular flexibility index (Phi) is 6.63. The number of fused-ring (bicyclic) bond motifs is 4. The van der Waals surface area contributed by atoms with E-state index >= 15 is 0 Å². The van der Waals surface area contributed by atoms with Gasteiger partial charge in [-0.1, -0.05) is 48.8 Å². The average Bonchev–Trinajstić information content (AvgIpc) is 3.38. The topological polar surface area (TPSA) is 89.9 Å². The van der Waals surface area contributed by atoms with Crippen molar-refractivity contribution in [2.45, 2.75) is 33.1 Å². The predicted molar refractivity (Wildman–Crippen MR) is 145 cm³/mol. The minimum atomic E-state index is -0.579. The molecule has 0 saturated carbocycles. The number of carbonyl (C=O) groups excluding carboxylic acids is 4. The Morgan fingerprint density at radius 1 is 0.919 bits per heavy atom. The van der Waals surface area contributed by atoms with Gasteiger partial charge < -0.3 is 4.84 Å². The van der Waals surface area contributed by atoms with Crippen LogP contribution < -0.4 is 0 Å². The van der Waals surface area contributed by atoms with Crippen LogP contribution in [0.3, 0.4) is 0 Å². The van der Waals surface area contributed by atoms with E-state index in [2.05, 4.69) is 5.16 Å². The van der Waals surface area contributed by atoms with Crippen molar-refractivity contribution in [1.82, 2.24) is 0 Å². The third-order valence-electron chi connectivity index (χ3n) is 6.29. The molecule has 184 valence electrons. The normalized spacial score (nSPS) is 13.4. The standard InChI is InChI=1S/C30H23NO5S/c1-3-4-9-25(31-36-17(2)32)28(33)19-11-13-27-23(16-19)22-14-18(10-12-26(22)37-27)15-24-29(34)20-7-5-6-8-21(20)30(24)35/h5-8,10-16H,3-4,9H2,1-2H3. The number of benzene rings is 3. The zero-order valence-electron chi connectivity index (χ0n) is 20.4. The fourth-order valence-corrected chi connectivity index (χ4v) is 5.49. The van der Waals surface area contributed by atoms with Gasteiger partial charge in [0.2, 0.25) is 5.78 Å². The fraction of sp³-hybridized carbons (Fsp3) is 0.167. The molecule has 4 aromatic rings. The highest BCUT2D eigenvalue weighted by molar-refractivity contribution is 7.25. The van der Waals surface area contributed by atoms with Crippen LogP contribution in [0.15, 0.2) is 71.4 Å². The lowest BCUT2D eigenvalue weighted by Crippen LogP contribution is -2.15. The van der Waals surface area contributed by atoms with E-state index in [1.807, 2.05) is 37.3 Å². The van der Waals surface area contributed by atoms with Gasteiger partial charge in [0, 0.05) is 43.8 Å². The van der Waals surface area contributed by atoms with Crippen molar-refractivity contribution >= 4 is 66.6 Å². The van der Waals surface area contributed by atoms with Crippen LogP contribution in [-0.4, -0.2) is 29.0 Å². The van der Waals surface area contributed by atoms with Gasteiger partial charge in [-0.25, -0.2) is 4.79 Å². The second-order valence-corrected chi connectivity index (χ2v) is 9.97. The van der Waals surface area contributed by atoms with Crippen LogP contribution in [0.25, 0.3) is 26.2 Å². The van der Waals surface area contributed by atoms with E-state index in [-0.39, 0.29) is 28.6 Å². The SMILES string of the molecule is CCCCC(=NOC(C)=O)C(=O)c1ccc2sc3ccc(C=C4C(=O)c5ccccc5C4=O)cc3c2c1. The van der Waals surface area contributed by atoms with Crippen molar-refractivity contribution < 1.29 is 24.0 Å². The molecule has 1 aliphatic rings. The van der Waals surface area contributed by atoms with Gasteiger partial charge in [0.15, 0.2) is 11.6 Å². The molecule has 1 aromatic heterocycles. The summed E-state index contributed by atoms with van der Waals surface area (Å²) in [5.74, 6) is -1.40. The zero-order valence-corrected chi connectivity index (χ0v) is 21.2. The Bertz CT molecular complexity index is 1640. The molecule has 0 atom stereocenters. The Hall–Kier alpha value is -4.23. The summed E-state index contributed by atoms with van der Waals surface area (Å²) in [5.41, 5.74) is 2.40. The summed E-state index contributed by atoms with van der Waals surface area (Å²) in [7, 11) is 0. The Balaban J connectivity index is 1.54. The maximum absolute atomic E-state index is 13.2. The van der Waals surface area contributed by atoms with Crippen LogP contribution in [-0.2, 0) is 9.63 Å². The molecule has 1 heterocycles. The molecule has 0 spiro atoms. The molecule has 0 N–H and O–H groups in total. The van der Waals surface area contributed by atoms with E-state index in [1.165, 1.54) is 6.92 Å². The first-order chi connectivity index (χ1) is 17.9. The molecule has 0 aliphatic heterocycles. The first-order valence-corrected chi connectivity index (χ1v) is 12.8. The van der Waals surface area contributed by atoms with Crippen molar-refractivity contribution in [3.8, 4) is 0 Å². The van der Waals surface area contributed by atoms with Crippen molar-refractivity contribution in [3.05, 3.63) is 88.5 Å². The molecule has 0 unspecified atom stereocenters. The number of unbranched alkanes of at least 4 members (excludes halogenated alkanes) is 1. The van der Waals surface area contributed by atoms with Gasteiger partial charge in [0.05, 0.1) is 5.57 Å². The number of Topliss-reactive ketones (excluding diaryl/α,β-unsaturated/α-hetero) is 3. The van der Waals surface area contributed by atoms with Gasteiger partial charge in [-0.15, -0.1) is 11.3 Å². The minimum Gasteiger partial charge on any atom is -0.318 e. The number of hydrogen-bond donors (Lipinski definition) is 0. The maximum Gasteiger partial charge on any atom is 0.331 e. The third-order valence-corrected chi connectivity index (χ3v) is 7.44. The number of oxime groups is 1. The molecule has 0 fully saturated rings. The number of rotatable bonds is 7. The lowest BCUT2D eigenvalue weighted by molar-refractivity contribution is -0.140. The summed E-state index contributed by atoms with van der Waals surface area (Å²) in [5, 5.41) is 5.63. The highest BCUT2D eigenvalue weighted by atomic mass is 32.1. The van der Waals surface area contributed by atoms with E-state index < -0.39 is 5.97 Å². The highest BCUT2D eigenvalue weighted by Crippen LogP contribution is 2.36. The van der Waals surface area contributed by atoms with Crippen LogP contribution in [0.5, 0.6) is 0 Å². The Morgan fingerprint density at radius 3 is 2.22 bits per heavy atom. The number of ketones is 3. The molecule has 37 heavy (non-hydrogen) atoms. The largest absolute Gasteiger partial charge is 0.331 e. The predicted octanol–water partition coefficient (Wildman–Crippen LogP) is 6.81. The molecule has 0 amide bonds. The van der Waals surface area contributed by atoms with Crippen molar-refractivity contribution in [1.29, 1.82) is 0 Å². The van der Waals surface area contributed by atoms with Crippen LogP contribution in [0, 0.1) is 0 Å². The van der Waals surface area contributed by atoms with Gasteiger partial charge in [-0.3, -0.25) is 14.4 Å². The van der Waals surface area contributed by atoms with E-state index in [0.29, 0.717) is 23.1 Å². The number of nitrogens with zero attached hydrogens (tertiary/aromatic N) is 1. The lowest BCUT2D eigenvalue weighted by atomic mass is 10.00. The van der Waals surface area contributed by atoms with E-state index in [9.17, 15) is 19.2 Å². The molecule has 0 bridgehead atoms. The second-order valence-electron chi connectivity index (χ2n) is 8.88. The number of carbonyl (C=O) groups is 4. The molecule has 6 nitrogen and oxygen atoms in total.